The van der Waals surface area contributed by atoms with Crippen molar-refractivity contribution in [3.8, 4) is 0 Å². The molecule has 4 amide bonds. The summed E-state index contributed by atoms with van der Waals surface area (Å²) < 4.78 is 35.0. The van der Waals surface area contributed by atoms with Crippen molar-refractivity contribution in [2.75, 3.05) is 6.54 Å². The van der Waals surface area contributed by atoms with E-state index in [4.69, 9.17) is 9.96 Å². The highest BCUT2D eigenvalue weighted by Gasteiger charge is 2.48. The summed E-state index contributed by atoms with van der Waals surface area (Å²) in [5, 5.41) is 14.1. The molecule has 1 aliphatic carbocycles. The maximum absolute atomic E-state index is 12.5. The van der Waals surface area contributed by atoms with Gasteiger partial charge in [-0.2, -0.15) is 13.5 Å². The molecular formula is C15H23N5O7S. The topological polar surface area (TPSA) is 169 Å². The number of hydrogen-bond donors (Lipinski definition) is 4. The van der Waals surface area contributed by atoms with Crippen molar-refractivity contribution in [3.05, 3.63) is 0 Å². The number of piperidine rings is 1. The molecule has 12 nitrogen and oxygen atoms in total. The fraction of sp³-hybridized carbons (Fsp3) is 0.733. The summed E-state index contributed by atoms with van der Waals surface area (Å²) in [6.07, 6.45) is 2.47. The molecule has 3 rings (SSSR count). The van der Waals surface area contributed by atoms with Crippen molar-refractivity contribution in [3.63, 3.8) is 0 Å². The number of nitrogens with zero attached hydrogens (tertiary/aromatic N) is 2. The summed E-state index contributed by atoms with van der Waals surface area (Å²) in [4.78, 5) is 37.2. The van der Waals surface area contributed by atoms with Crippen LogP contribution in [0.25, 0.3) is 0 Å². The quantitative estimate of drug-likeness (QED) is 0.263. The number of hydrogen-bond acceptors (Lipinski definition) is 7. The Bertz CT molecular complexity index is 801. The molecule has 13 heteroatoms. The number of urea groups is 1. The van der Waals surface area contributed by atoms with E-state index in [0.29, 0.717) is 37.2 Å². The van der Waals surface area contributed by atoms with Gasteiger partial charge >= 0.3 is 16.4 Å². The van der Waals surface area contributed by atoms with Gasteiger partial charge in [0.1, 0.15) is 5.84 Å². The van der Waals surface area contributed by atoms with Crippen LogP contribution in [-0.2, 0) is 24.3 Å². The van der Waals surface area contributed by atoms with Crippen molar-refractivity contribution < 1.29 is 31.6 Å². The molecule has 2 heterocycles. The average Bonchev–Trinajstić information content (AvgIpc) is 3.13. The smallest absolute Gasteiger partial charge is 0.354 e. The number of carbonyl (C=O) groups excluding carboxylic acids is 3. The predicted molar refractivity (Wildman–Crippen MR) is 94.2 cm³/mol. The van der Waals surface area contributed by atoms with Gasteiger partial charge in [0.2, 0.25) is 11.8 Å². The van der Waals surface area contributed by atoms with E-state index in [1.807, 2.05) is 0 Å². The van der Waals surface area contributed by atoms with Crippen molar-refractivity contribution in [1.82, 2.24) is 20.6 Å². The summed E-state index contributed by atoms with van der Waals surface area (Å²) in [6, 6.07) is -2.11. The number of amidine groups is 1. The normalized spacial score (nSPS) is 29.7. The van der Waals surface area contributed by atoms with Crippen LogP contribution < -0.4 is 10.6 Å². The molecule has 0 aromatic rings. The highest BCUT2D eigenvalue weighted by atomic mass is 32.3. The van der Waals surface area contributed by atoms with Crippen LogP contribution in [0.15, 0.2) is 0 Å². The SMILES string of the molecule is CC(=O)NC1CCC(C(=O)NC(=N)C2CCC3CN2C(=O)N3OS(=O)(=O)O)C1. The molecule has 28 heavy (non-hydrogen) atoms. The average molecular weight is 417 g/mol. The van der Waals surface area contributed by atoms with Crippen molar-refractivity contribution in [2.45, 2.75) is 57.2 Å². The second-order valence-electron chi connectivity index (χ2n) is 7.32. The molecule has 0 spiro atoms. The maximum atomic E-state index is 12.5. The third-order valence-corrected chi connectivity index (χ3v) is 5.65. The van der Waals surface area contributed by atoms with E-state index in [9.17, 15) is 22.8 Å². The standard InChI is InChI=1S/C15H23N5O7S/c1-8(21)17-10-3-2-9(6-10)14(22)18-13(16)12-5-4-11-7-19(12)15(23)20(11)27-28(24,25)26/h9-12H,2-7H2,1H3,(H,17,21)(H2,16,18,22)(H,24,25,26). The summed E-state index contributed by atoms with van der Waals surface area (Å²) >= 11 is 0. The number of amides is 4. The van der Waals surface area contributed by atoms with Crippen molar-refractivity contribution in [1.29, 1.82) is 5.41 Å². The molecule has 2 aliphatic heterocycles. The first kappa shape index (κ1) is 20.5. The lowest BCUT2D eigenvalue weighted by atomic mass is 9.99. The summed E-state index contributed by atoms with van der Waals surface area (Å²) in [5.74, 6) is -0.965. The molecular weight excluding hydrogens is 394 g/mol. The molecule has 0 aromatic heterocycles. The first-order valence-corrected chi connectivity index (χ1v) is 10.3. The van der Waals surface area contributed by atoms with Crippen molar-refractivity contribution in [2.24, 2.45) is 5.92 Å². The maximum Gasteiger partial charge on any atom is 0.418 e. The van der Waals surface area contributed by atoms with Crippen LogP contribution in [0.3, 0.4) is 0 Å². The second kappa shape index (κ2) is 7.64. The molecule has 2 saturated heterocycles. The van der Waals surface area contributed by atoms with E-state index in [1.165, 1.54) is 11.8 Å². The van der Waals surface area contributed by atoms with Gasteiger partial charge in [-0.1, -0.05) is 0 Å². The molecule has 1 saturated carbocycles. The molecule has 3 aliphatic rings. The van der Waals surface area contributed by atoms with Crippen molar-refractivity contribution >= 4 is 34.1 Å². The Balaban J connectivity index is 1.58. The number of fused-ring (bicyclic) bond motifs is 2. The highest BCUT2D eigenvalue weighted by Crippen LogP contribution is 2.31. The van der Waals surface area contributed by atoms with Crippen LogP contribution in [-0.4, -0.2) is 71.3 Å². The van der Waals surface area contributed by atoms with E-state index < -0.39 is 28.5 Å². The van der Waals surface area contributed by atoms with E-state index in [2.05, 4.69) is 14.9 Å². The second-order valence-corrected chi connectivity index (χ2v) is 8.32. The van der Waals surface area contributed by atoms with Crippen LogP contribution in [0.1, 0.15) is 39.0 Å². The minimum absolute atomic E-state index is 0.0656. The molecule has 156 valence electrons. The Kier molecular flexibility index (Phi) is 5.59. The minimum Gasteiger partial charge on any atom is -0.354 e. The van der Waals surface area contributed by atoms with Gasteiger partial charge in [0.05, 0.1) is 12.1 Å². The van der Waals surface area contributed by atoms with Gasteiger partial charge in [0, 0.05) is 25.4 Å². The summed E-state index contributed by atoms with van der Waals surface area (Å²) in [6.45, 7) is 1.55. The number of rotatable bonds is 5. The Morgan fingerprint density at radius 3 is 2.61 bits per heavy atom. The summed E-state index contributed by atoms with van der Waals surface area (Å²) in [5.41, 5.74) is 0. The van der Waals surface area contributed by atoms with E-state index in [0.717, 1.165) is 0 Å². The van der Waals surface area contributed by atoms with E-state index in [1.54, 1.807) is 0 Å². The Morgan fingerprint density at radius 2 is 1.96 bits per heavy atom. The zero-order valence-corrected chi connectivity index (χ0v) is 16.1. The predicted octanol–water partition coefficient (Wildman–Crippen LogP) is -0.612. The Morgan fingerprint density at radius 1 is 1.25 bits per heavy atom. The minimum atomic E-state index is -4.84. The van der Waals surface area contributed by atoms with E-state index >= 15 is 0 Å². The van der Waals surface area contributed by atoms with Gasteiger partial charge in [-0.3, -0.25) is 19.6 Å². The van der Waals surface area contributed by atoms with Crippen LogP contribution >= 0.6 is 0 Å². The van der Waals surface area contributed by atoms with Crippen LogP contribution in [0, 0.1) is 11.3 Å². The van der Waals surface area contributed by atoms with Gasteiger partial charge in [0.25, 0.3) is 0 Å². The molecule has 0 radical (unpaired) electrons. The third-order valence-electron chi connectivity index (χ3n) is 5.30. The number of hydroxylamine groups is 2. The molecule has 2 bridgehead atoms. The number of nitrogens with one attached hydrogen (secondary N) is 3. The monoisotopic (exact) mass is 417 g/mol. The largest absolute Gasteiger partial charge is 0.418 e. The lowest BCUT2D eigenvalue weighted by Crippen LogP contribution is -2.51. The van der Waals surface area contributed by atoms with E-state index in [-0.39, 0.29) is 36.2 Å². The molecule has 4 atom stereocenters. The lowest BCUT2D eigenvalue weighted by Gasteiger charge is -2.31. The fourth-order valence-corrected chi connectivity index (χ4v) is 4.48. The van der Waals surface area contributed by atoms with Crippen LogP contribution in [0.4, 0.5) is 4.79 Å². The molecule has 4 unspecified atom stereocenters. The first-order valence-electron chi connectivity index (χ1n) is 8.98. The zero-order valence-electron chi connectivity index (χ0n) is 15.3. The van der Waals surface area contributed by atoms with Crippen LogP contribution in [0.2, 0.25) is 0 Å². The fourth-order valence-electron chi connectivity index (χ4n) is 4.09. The zero-order chi connectivity index (χ0) is 20.6. The molecule has 0 aromatic carbocycles. The van der Waals surface area contributed by atoms with Gasteiger partial charge in [-0.05, 0) is 32.1 Å². The molecule has 4 N–H and O–H groups in total. The summed E-state index contributed by atoms with van der Waals surface area (Å²) in [7, 11) is -4.84. The first-order chi connectivity index (χ1) is 13.0. The van der Waals surface area contributed by atoms with Gasteiger partial charge in [0.15, 0.2) is 0 Å². The third kappa shape index (κ3) is 4.42. The number of carbonyl (C=O) groups is 3. The Labute approximate surface area is 162 Å². The van der Waals surface area contributed by atoms with Gasteiger partial charge < -0.3 is 15.5 Å². The van der Waals surface area contributed by atoms with Gasteiger partial charge in [-0.25, -0.2) is 4.79 Å². The van der Waals surface area contributed by atoms with Crippen LogP contribution in [0.5, 0.6) is 0 Å². The molecule has 3 fully saturated rings. The lowest BCUT2D eigenvalue weighted by molar-refractivity contribution is -0.124. The van der Waals surface area contributed by atoms with Gasteiger partial charge in [-0.15, -0.1) is 4.28 Å². The Hall–Kier alpha value is -2.25. The highest BCUT2D eigenvalue weighted by molar-refractivity contribution is 7.80.